The first-order valence-electron chi connectivity index (χ1n) is 4.93. The summed E-state index contributed by atoms with van der Waals surface area (Å²) in [7, 11) is 0. The molecule has 6 heteroatoms. The Morgan fingerprint density at radius 1 is 1.27 bits per heavy atom. The monoisotopic (exact) mass is 218 g/mol. The molecule has 0 saturated heterocycles. The van der Waals surface area contributed by atoms with Crippen LogP contribution in [0.25, 0.3) is 0 Å². The molecule has 1 atom stereocenters. The van der Waals surface area contributed by atoms with Gasteiger partial charge in [-0.3, -0.25) is 9.59 Å². The zero-order valence-corrected chi connectivity index (χ0v) is 8.61. The van der Waals surface area contributed by atoms with E-state index in [1.807, 2.05) is 0 Å². The zero-order valence-electron chi connectivity index (χ0n) is 8.61. The van der Waals surface area contributed by atoms with E-state index in [-0.39, 0.29) is 13.0 Å². The van der Waals surface area contributed by atoms with Crippen LogP contribution in [0.2, 0.25) is 0 Å². The van der Waals surface area contributed by atoms with Crippen LogP contribution >= 0.6 is 0 Å². The van der Waals surface area contributed by atoms with Crippen molar-refractivity contribution in [3.63, 3.8) is 0 Å². The van der Waals surface area contributed by atoms with E-state index in [0.717, 1.165) is 12.8 Å². The van der Waals surface area contributed by atoms with Crippen LogP contribution in [0.4, 0.5) is 0 Å². The number of hydrogen-bond acceptors (Lipinski definition) is 4. The molecule has 0 saturated carbocycles. The smallest absolute Gasteiger partial charge is 0.305 e. The molecular weight excluding hydrogens is 200 g/mol. The molecule has 0 aromatic carbocycles. The SMILES string of the molecule is NC(=O)[C@H](CC(=O)O)NCCCCCO. The fraction of sp³-hybridized carbons (Fsp3) is 0.778. The van der Waals surface area contributed by atoms with Gasteiger partial charge in [-0.15, -0.1) is 0 Å². The van der Waals surface area contributed by atoms with Crippen molar-refractivity contribution >= 4 is 11.9 Å². The summed E-state index contributed by atoms with van der Waals surface area (Å²) in [6.45, 7) is 0.676. The summed E-state index contributed by atoms with van der Waals surface area (Å²) < 4.78 is 0. The number of unbranched alkanes of at least 4 members (excludes halogenated alkanes) is 2. The van der Waals surface area contributed by atoms with Crippen molar-refractivity contribution in [1.29, 1.82) is 0 Å². The number of aliphatic hydroxyl groups is 1. The van der Waals surface area contributed by atoms with E-state index in [1.165, 1.54) is 0 Å². The number of aliphatic hydroxyl groups excluding tert-OH is 1. The van der Waals surface area contributed by atoms with Gasteiger partial charge in [-0.2, -0.15) is 0 Å². The molecule has 0 rings (SSSR count). The number of carboxylic acids is 1. The number of aliphatic carboxylic acids is 1. The Hall–Kier alpha value is -1.14. The van der Waals surface area contributed by atoms with E-state index < -0.39 is 17.9 Å². The van der Waals surface area contributed by atoms with Crippen LogP contribution in [-0.4, -0.2) is 41.3 Å². The normalized spacial score (nSPS) is 12.3. The third-order valence-corrected chi connectivity index (χ3v) is 1.95. The van der Waals surface area contributed by atoms with Gasteiger partial charge in [0.05, 0.1) is 12.5 Å². The molecule has 6 nitrogen and oxygen atoms in total. The van der Waals surface area contributed by atoms with E-state index in [1.54, 1.807) is 0 Å². The Morgan fingerprint density at radius 3 is 2.40 bits per heavy atom. The third kappa shape index (κ3) is 7.90. The van der Waals surface area contributed by atoms with Crippen molar-refractivity contribution in [2.45, 2.75) is 31.7 Å². The molecule has 0 spiro atoms. The second kappa shape index (κ2) is 8.19. The number of carbonyl (C=O) groups excluding carboxylic acids is 1. The van der Waals surface area contributed by atoms with Gasteiger partial charge in [-0.1, -0.05) is 0 Å². The van der Waals surface area contributed by atoms with Crippen molar-refractivity contribution in [1.82, 2.24) is 5.32 Å². The highest BCUT2D eigenvalue weighted by Gasteiger charge is 2.17. The molecule has 0 unspecified atom stereocenters. The minimum absolute atomic E-state index is 0.147. The minimum atomic E-state index is -1.05. The van der Waals surface area contributed by atoms with E-state index in [4.69, 9.17) is 15.9 Å². The van der Waals surface area contributed by atoms with Gasteiger partial charge in [-0.05, 0) is 25.8 Å². The van der Waals surface area contributed by atoms with E-state index >= 15 is 0 Å². The van der Waals surface area contributed by atoms with Crippen LogP contribution in [0.15, 0.2) is 0 Å². The van der Waals surface area contributed by atoms with Crippen molar-refractivity contribution < 1.29 is 19.8 Å². The molecule has 88 valence electrons. The first-order chi connectivity index (χ1) is 7.07. The van der Waals surface area contributed by atoms with Crippen LogP contribution in [0.1, 0.15) is 25.7 Å². The number of amides is 1. The largest absolute Gasteiger partial charge is 0.481 e. The van der Waals surface area contributed by atoms with Gasteiger partial charge in [0.2, 0.25) is 5.91 Å². The number of nitrogens with two attached hydrogens (primary N) is 1. The molecule has 15 heavy (non-hydrogen) atoms. The van der Waals surface area contributed by atoms with E-state index in [0.29, 0.717) is 13.0 Å². The molecular formula is C9H18N2O4. The van der Waals surface area contributed by atoms with Gasteiger partial charge in [-0.25, -0.2) is 0 Å². The van der Waals surface area contributed by atoms with Gasteiger partial charge in [0.1, 0.15) is 0 Å². The Labute approximate surface area is 88.5 Å². The predicted molar refractivity (Wildman–Crippen MR) is 54.2 cm³/mol. The number of carboxylic acid groups (broad SMARTS) is 1. The summed E-state index contributed by atoms with van der Waals surface area (Å²) in [6, 6.07) is -0.809. The topological polar surface area (TPSA) is 113 Å². The average Bonchev–Trinajstić information content (AvgIpc) is 2.15. The predicted octanol–water partition coefficient (Wildman–Crippen LogP) is -0.933. The molecule has 0 aromatic rings. The Kier molecular flexibility index (Phi) is 7.57. The first-order valence-corrected chi connectivity index (χ1v) is 4.93. The molecule has 0 aliphatic rings. The van der Waals surface area contributed by atoms with Gasteiger partial charge < -0.3 is 21.3 Å². The lowest BCUT2D eigenvalue weighted by atomic mass is 10.2. The number of rotatable bonds is 9. The second-order valence-electron chi connectivity index (χ2n) is 3.29. The Balaban J connectivity index is 3.67. The van der Waals surface area contributed by atoms with Gasteiger partial charge in [0.15, 0.2) is 0 Å². The summed E-state index contributed by atoms with van der Waals surface area (Å²) in [5.41, 5.74) is 5.02. The quantitative estimate of drug-likeness (QED) is 0.373. The van der Waals surface area contributed by atoms with Gasteiger partial charge >= 0.3 is 5.97 Å². The highest BCUT2D eigenvalue weighted by molar-refractivity contribution is 5.84. The molecule has 0 bridgehead atoms. The third-order valence-electron chi connectivity index (χ3n) is 1.95. The van der Waals surface area contributed by atoms with Crippen molar-refractivity contribution in [2.75, 3.05) is 13.2 Å². The number of primary amides is 1. The zero-order chi connectivity index (χ0) is 11.7. The molecule has 0 aliphatic heterocycles. The van der Waals surface area contributed by atoms with Crippen molar-refractivity contribution in [3.8, 4) is 0 Å². The minimum Gasteiger partial charge on any atom is -0.481 e. The lowest BCUT2D eigenvalue weighted by Gasteiger charge is -2.12. The Bertz CT molecular complexity index is 208. The number of carbonyl (C=O) groups is 2. The maximum absolute atomic E-state index is 10.8. The van der Waals surface area contributed by atoms with Crippen LogP contribution < -0.4 is 11.1 Å². The molecule has 0 heterocycles. The second-order valence-corrected chi connectivity index (χ2v) is 3.29. The first kappa shape index (κ1) is 13.9. The molecule has 0 aromatic heterocycles. The van der Waals surface area contributed by atoms with Crippen molar-refractivity contribution in [2.24, 2.45) is 5.73 Å². The van der Waals surface area contributed by atoms with Gasteiger partial charge in [0.25, 0.3) is 0 Å². The molecule has 1 amide bonds. The molecule has 5 N–H and O–H groups in total. The highest BCUT2D eigenvalue weighted by Crippen LogP contribution is 1.95. The fourth-order valence-electron chi connectivity index (χ4n) is 1.14. The molecule has 0 aliphatic carbocycles. The number of hydrogen-bond donors (Lipinski definition) is 4. The average molecular weight is 218 g/mol. The summed E-state index contributed by atoms with van der Waals surface area (Å²) in [5.74, 6) is -1.71. The standard InChI is InChI=1S/C9H18N2O4/c10-9(15)7(6-8(13)14)11-4-2-1-3-5-12/h7,11-12H,1-6H2,(H2,10,15)(H,13,14)/t7-/m0/s1. The van der Waals surface area contributed by atoms with E-state index in [9.17, 15) is 9.59 Å². The molecule has 0 radical (unpaired) electrons. The van der Waals surface area contributed by atoms with Crippen LogP contribution in [0.3, 0.4) is 0 Å². The fourth-order valence-corrected chi connectivity index (χ4v) is 1.14. The number of nitrogens with one attached hydrogen (secondary N) is 1. The van der Waals surface area contributed by atoms with Crippen LogP contribution in [0, 0.1) is 0 Å². The lowest BCUT2D eigenvalue weighted by Crippen LogP contribution is -2.43. The molecule has 0 fully saturated rings. The summed E-state index contributed by atoms with van der Waals surface area (Å²) in [5, 5.41) is 19.8. The summed E-state index contributed by atoms with van der Waals surface area (Å²) >= 11 is 0. The maximum atomic E-state index is 10.8. The lowest BCUT2D eigenvalue weighted by molar-refractivity contribution is -0.139. The van der Waals surface area contributed by atoms with E-state index in [2.05, 4.69) is 5.32 Å². The highest BCUT2D eigenvalue weighted by atomic mass is 16.4. The van der Waals surface area contributed by atoms with Crippen LogP contribution in [0.5, 0.6) is 0 Å². The Morgan fingerprint density at radius 2 is 1.93 bits per heavy atom. The summed E-state index contributed by atoms with van der Waals surface area (Å²) in [4.78, 5) is 21.2. The van der Waals surface area contributed by atoms with Crippen molar-refractivity contribution in [3.05, 3.63) is 0 Å². The summed E-state index contributed by atoms with van der Waals surface area (Å²) in [6.07, 6.45) is 2.03. The maximum Gasteiger partial charge on any atom is 0.305 e. The van der Waals surface area contributed by atoms with Crippen LogP contribution in [-0.2, 0) is 9.59 Å². The van der Waals surface area contributed by atoms with Gasteiger partial charge in [0, 0.05) is 6.61 Å².